The van der Waals surface area contributed by atoms with Crippen molar-refractivity contribution in [2.45, 2.75) is 51.8 Å². The second-order valence-corrected chi connectivity index (χ2v) is 8.59. The highest BCUT2D eigenvalue weighted by Crippen LogP contribution is 2.25. The van der Waals surface area contributed by atoms with Gasteiger partial charge in [-0.05, 0) is 49.1 Å². The summed E-state index contributed by atoms with van der Waals surface area (Å²) in [5, 5.41) is 3.09. The molecule has 32 heavy (non-hydrogen) atoms. The van der Waals surface area contributed by atoms with Crippen LogP contribution >= 0.6 is 0 Å². The maximum absolute atomic E-state index is 13.4. The number of hydrogen-bond acceptors (Lipinski definition) is 3. The fourth-order valence-corrected chi connectivity index (χ4v) is 4.00. The van der Waals surface area contributed by atoms with Gasteiger partial charge in [0, 0.05) is 13.5 Å². The van der Waals surface area contributed by atoms with Gasteiger partial charge in [0.2, 0.25) is 5.91 Å². The van der Waals surface area contributed by atoms with Gasteiger partial charge in [-0.3, -0.25) is 9.59 Å². The summed E-state index contributed by atoms with van der Waals surface area (Å²) >= 11 is 0. The molecule has 0 radical (unpaired) electrons. The van der Waals surface area contributed by atoms with E-state index in [9.17, 15) is 14.0 Å². The molecule has 170 valence electrons. The number of fused-ring (bicyclic) bond motifs is 1. The second-order valence-electron chi connectivity index (χ2n) is 8.59. The molecular formula is C26H31FN2O3. The summed E-state index contributed by atoms with van der Waals surface area (Å²) in [6.45, 7) is 5.78. The summed E-state index contributed by atoms with van der Waals surface area (Å²) < 4.78 is 19.5. The Bertz CT molecular complexity index is 971. The first-order valence-electron chi connectivity index (χ1n) is 11.0. The first-order chi connectivity index (χ1) is 15.3. The molecule has 1 aliphatic rings. The van der Waals surface area contributed by atoms with Crippen LogP contribution in [0.25, 0.3) is 0 Å². The van der Waals surface area contributed by atoms with Gasteiger partial charge in [0.15, 0.2) is 0 Å². The second kappa shape index (κ2) is 10.4. The third kappa shape index (κ3) is 5.55. The van der Waals surface area contributed by atoms with E-state index in [1.165, 1.54) is 17.0 Å². The van der Waals surface area contributed by atoms with E-state index in [0.717, 1.165) is 5.56 Å². The number of carbonyl (C=O) groups is 2. The first-order valence-corrected chi connectivity index (χ1v) is 11.0. The number of para-hydroxylation sites is 1. The van der Waals surface area contributed by atoms with Crippen molar-refractivity contribution in [1.82, 2.24) is 10.2 Å². The molecule has 0 bridgehead atoms. The van der Waals surface area contributed by atoms with Crippen molar-refractivity contribution in [3.63, 3.8) is 0 Å². The van der Waals surface area contributed by atoms with Crippen LogP contribution in [0.15, 0.2) is 60.7 Å². The van der Waals surface area contributed by atoms with Crippen molar-refractivity contribution in [2.24, 2.45) is 5.92 Å². The Morgan fingerprint density at radius 2 is 1.69 bits per heavy atom. The molecule has 1 heterocycles. The van der Waals surface area contributed by atoms with Gasteiger partial charge in [-0.15, -0.1) is 0 Å². The molecule has 0 saturated carbocycles. The minimum Gasteiger partial charge on any atom is -0.490 e. The van der Waals surface area contributed by atoms with E-state index in [2.05, 4.69) is 5.32 Å². The maximum atomic E-state index is 13.4. The van der Waals surface area contributed by atoms with Crippen molar-refractivity contribution in [1.29, 1.82) is 0 Å². The molecule has 0 aliphatic carbocycles. The number of nitrogens with zero attached hydrogens (tertiary/aromatic N) is 1. The molecule has 0 unspecified atom stereocenters. The fraction of sp³-hybridized carbons (Fsp3) is 0.385. The Morgan fingerprint density at radius 3 is 2.38 bits per heavy atom. The summed E-state index contributed by atoms with van der Waals surface area (Å²) in [6, 6.07) is 12.2. The monoisotopic (exact) mass is 438 g/mol. The van der Waals surface area contributed by atoms with Crippen LogP contribution in [0, 0.1) is 11.7 Å². The van der Waals surface area contributed by atoms with E-state index >= 15 is 0 Å². The normalized spacial score (nSPS) is 23.7. The Hall–Kier alpha value is -3.15. The number of amides is 2. The van der Waals surface area contributed by atoms with Gasteiger partial charge in [-0.25, -0.2) is 4.39 Å². The molecule has 3 atom stereocenters. The molecule has 0 saturated heterocycles. The van der Waals surface area contributed by atoms with E-state index in [0.29, 0.717) is 24.2 Å². The molecule has 5 nitrogen and oxygen atoms in total. The van der Waals surface area contributed by atoms with Crippen molar-refractivity contribution in [2.75, 3.05) is 7.05 Å². The fourth-order valence-electron chi connectivity index (χ4n) is 4.00. The number of likely N-dealkylation sites (N-methyl/N-ethyl adjacent to an activating group) is 1. The molecule has 2 aromatic carbocycles. The molecule has 3 rings (SSSR count). The van der Waals surface area contributed by atoms with Gasteiger partial charge in [0.05, 0.1) is 17.7 Å². The minimum absolute atomic E-state index is 0.117. The van der Waals surface area contributed by atoms with Crippen LogP contribution in [-0.4, -0.2) is 35.9 Å². The Morgan fingerprint density at radius 1 is 1.03 bits per heavy atom. The van der Waals surface area contributed by atoms with Crippen LogP contribution in [-0.2, 0) is 4.79 Å². The number of carbonyl (C=O) groups excluding carboxylic acids is 2. The highest BCUT2D eigenvalue weighted by molar-refractivity contribution is 5.99. The highest BCUT2D eigenvalue weighted by atomic mass is 19.1. The Kier molecular flexibility index (Phi) is 7.67. The van der Waals surface area contributed by atoms with Crippen LogP contribution in [0.3, 0.4) is 0 Å². The maximum Gasteiger partial charge on any atom is 0.258 e. The summed E-state index contributed by atoms with van der Waals surface area (Å²) in [7, 11) is 1.64. The summed E-state index contributed by atoms with van der Waals surface area (Å²) in [4.78, 5) is 28.2. The van der Waals surface area contributed by atoms with Gasteiger partial charge in [0.1, 0.15) is 17.6 Å². The van der Waals surface area contributed by atoms with Gasteiger partial charge in [0.25, 0.3) is 5.91 Å². The molecule has 0 spiro atoms. The van der Waals surface area contributed by atoms with E-state index in [1.54, 1.807) is 37.4 Å². The smallest absolute Gasteiger partial charge is 0.258 e. The topological polar surface area (TPSA) is 58.6 Å². The van der Waals surface area contributed by atoms with Crippen molar-refractivity contribution in [3.8, 4) is 5.75 Å². The number of halogens is 1. The molecule has 1 aliphatic heterocycles. The zero-order valence-electron chi connectivity index (χ0n) is 19.0. The summed E-state index contributed by atoms with van der Waals surface area (Å²) in [5.41, 5.74) is 1.24. The number of nitrogens with one attached hydrogen (secondary N) is 1. The van der Waals surface area contributed by atoms with Crippen LogP contribution in [0.4, 0.5) is 4.39 Å². The van der Waals surface area contributed by atoms with Crippen LogP contribution < -0.4 is 10.1 Å². The van der Waals surface area contributed by atoms with E-state index in [4.69, 9.17) is 4.74 Å². The molecule has 1 N–H and O–H groups in total. The standard InChI is InChI=1S/C26H31FN2O3/c1-17(2)24-25(30)28-22(19-13-15-20(27)16-14-19)11-7-5-9-18(3)32-23-12-8-6-10-21(23)26(31)29(24)4/h5-8,10,12-18,22,24H,9,11H2,1-4H3,(H,28,30)/b7-5-/t18-,22+,24-/m1/s1. The SMILES string of the molecule is CC(C)[C@@H]1C(=O)N[C@H](c2ccc(F)cc2)C/C=C\C[C@@H](C)Oc2ccccc2C(=O)N1C. The molecule has 2 aromatic rings. The average Bonchev–Trinajstić information content (AvgIpc) is 2.75. The van der Waals surface area contributed by atoms with Crippen molar-refractivity contribution < 1.29 is 18.7 Å². The number of hydrogen-bond donors (Lipinski definition) is 1. The predicted octanol–water partition coefficient (Wildman–Crippen LogP) is 4.90. The third-order valence-electron chi connectivity index (χ3n) is 5.68. The lowest BCUT2D eigenvalue weighted by Crippen LogP contribution is -2.51. The first kappa shape index (κ1) is 23.5. The zero-order chi connectivity index (χ0) is 23.3. The van der Waals surface area contributed by atoms with Crippen molar-refractivity contribution in [3.05, 3.63) is 77.6 Å². The summed E-state index contributed by atoms with van der Waals surface area (Å²) in [6.07, 6.45) is 5.08. The molecule has 0 fully saturated rings. The lowest BCUT2D eigenvalue weighted by molar-refractivity contribution is -0.127. The lowest BCUT2D eigenvalue weighted by atomic mass is 9.98. The van der Waals surface area contributed by atoms with Crippen molar-refractivity contribution >= 4 is 11.8 Å². The largest absolute Gasteiger partial charge is 0.490 e. The zero-order valence-corrected chi connectivity index (χ0v) is 19.0. The number of benzene rings is 2. The average molecular weight is 439 g/mol. The highest BCUT2D eigenvalue weighted by Gasteiger charge is 2.33. The Balaban J connectivity index is 1.99. The van der Waals surface area contributed by atoms with Gasteiger partial charge in [-0.1, -0.05) is 50.3 Å². The van der Waals surface area contributed by atoms with Crippen LogP contribution in [0.2, 0.25) is 0 Å². The molecular weight excluding hydrogens is 407 g/mol. The van der Waals surface area contributed by atoms with E-state index in [1.807, 2.05) is 39.0 Å². The van der Waals surface area contributed by atoms with Crippen LogP contribution in [0.5, 0.6) is 5.75 Å². The van der Waals surface area contributed by atoms with E-state index < -0.39 is 6.04 Å². The van der Waals surface area contributed by atoms with Gasteiger partial charge >= 0.3 is 0 Å². The van der Waals surface area contributed by atoms with Gasteiger partial charge < -0.3 is 15.0 Å². The third-order valence-corrected chi connectivity index (χ3v) is 5.68. The summed E-state index contributed by atoms with van der Waals surface area (Å²) in [5.74, 6) is -0.454. The lowest BCUT2D eigenvalue weighted by Gasteiger charge is -2.32. The molecule has 6 heteroatoms. The molecule has 0 aromatic heterocycles. The Labute approximate surface area is 189 Å². The van der Waals surface area contributed by atoms with Gasteiger partial charge in [-0.2, -0.15) is 0 Å². The van der Waals surface area contributed by atoms with Crippen LogP contribution in [0.1, 0.15) is 55.6 Å². The quantitative estimate of drug-likeness (QED) is 0.679. The number of ether oxygens (including phenoxy) is 1. The number of rotatable bonds is 2. The minimum atomic E-state index is -0.678. The molecule has 2 amide bonds. The predicted molar refractivity (Wildman–Crippen MR) is 123 cm³/mol. The van der Waals surface area contributed by atoms with E-state index in [-0.39, 0.29) is 35.7 Å².